The molecule has 21 heavy (non-hydrogen) atoms. The molecule has 110 valence electrons. The molecule has 8 nitrogen and oxygen atoms in total. The summed E-state index contributed by atoms with van der Waals surface area (Å²) in [5, 5.41) is 0.168. The summed E-state index contributed by atoms with van der Waals surface area (Å²) in [6, 6.07) is 5.68. The van der Waals surface area contributed by atoms with Crippen LogP contribution in [0.2, 0.25) is 0 Å². The van der Waals surface area contributed by atoms with Crippen LogP contribution in [0.15, 0.2) is 40.1 Å². The number of hydrogen-bond donors (Lipinski definition) is 3. The van der Waals surface area contributed by atoms with E-state index in [0.717, 1.165) is 6.07 Å². The molecule has 0 aliphatic carbocycles. The van der Waals surface area contributed by atoms with Gasteiger partial charge < -0.3 is 16.4 Å². The van der Waals surface area contributed by atoms with Gasteiger partial charge in [-0.3, -0.25) is 4.55 Å². The molecule has 0 aliphatic heterocycles. The van der Waals surface area contributed by atoms with Crippen LogP contribution in [0.5, 0.6) is 0 Å². The zero-order chi connectivity index (χ0) is 14.4. The smallest absolute Gasteiger partial charge is 0.744 e. The van der Waals surface area contributed by atoms with E-state index in [1.54, 1.807) is 0 Å². The molecule has 0 heterocycles. The maximum absolute atomic E-state index is 11.2. The molecule has 0 saturated heterocycles. The quantitative estimate of drug-likeness (QED) is 0.306. The Balaban J connectivity index is 0.00000200. The summed E-state index contributed by atoms with van der Waals surface area (Å²) >= 11 is 0. The second kappa shape index (κ2) is 7.00. The second-order valence-electron chi connectivity index (χ2n) is 3.83. The van der Waals surface area contributed by atoms with Crippen molar-refractivity contribution < 1.29 is 77.3 Å². The first-order chi connectivity index (χ1) is 8.59. The van der Waals surface area contributed by atoms with Crippen LogP contribution in [0, 0.1) is 0 Å². The summed E-state index contributed by atoms with van der Waals surface area (Å²) in [6.07, 6.45) is 0. The normalized spacial score (nSPS) is 11.5. The van der Waals surface area contributed by atoms with Crippen LogP contribution in [0.25, 0.3) is 10.8 Å². The average Bonchev–Trinajstić information content (AvgIpc) is 2.24. The predicted molar refractivity (Wildman–Crippen MR) is 71.2 cm³/mol. The third kappa shape index (κ3) is 4.69. The maximum atomic E-state index is 11.2. The van der Waals surface area contributed by atoms with Gasteiger partial charge in [-0.1, -0.05) is 6.07 Å². The van der Waals surface area contributed by atoms with Crippen LogP contribution in [0.1, 0.15) is 0 Å². The Kier molecular flexibility index (Phi) is 6.97. The van der Waals surface area contributed by atoms with Gasteiger partial charge in [0.15, 0.2) is 0 Å². The molecule has 0 saturated carbocycles. The van der Waals surface area contributed by atoms with Gasteiger partial charge >= 0.3 is 51.4 Å². The minimum atomic E-state index is -4.91. The third-order valence-electron chi connectivity index (χ3n) is 2.48. The van der Waals surface area contributed by atoms with Crippen LogP contribution in [-0.4, -0.2) is 25.9 Å². The van der Waals surface area contributed by atoms with E-state index in [1.165, 1.54) is 18.2 Å². The van der Waals surface area contributed by atoms with E-state index in [2.05, 4.69) is 0 Å². The van der Waals surface area contributed by atoms with Gasteiger partial charge in [-0.05, 0) is 29.7 Å². The van der Waals surface area contributed by atoms with E-state index in [0.29, 0.717) is 6.07 Å². The number of hydrogen-bond acceptors (Lipinski definition) is 7. The molecule has 0 aromatic heterocycles. The van der Waals surface area contributed by atoms with Crippen molar-refractivity contribution in [3.8, 4) is 0 Å². The number of rotatable bonds is 2. The molecular formula is C10H11KN2O6S2. The molecule has 2 rings (SSSR count). The second-order valence-corrected chi connectivity index (χ2v) is 6.60. The van der Waals surface area contributed by atoms with E-state index in [9.17, 15) is 21.4 Å². The Morgan fingerprint density at radius 3 is 2.10 bits per heavy atom. The van der Waals surface area contributed by atoms with Crippen LogP contribution in [0.4, 0.5) is 5.69 Å². The summed E-state index contributed by atoms with van der Waals surface area (Å²) in [6.45, 7) is 0. The Labute approximate surface area is 164 Å². The summed E-state index contributed by atoms with van der Waals surface area (Å²) in [5.41, 5.74) is 5.71. The Morgan fingerprint density at radius 1 is 1.05 bits per heavy atom. The van der Waals surface area contributed by atoms with Crippen molar-refractivity contribution in [3.05, 3.63) is 30.3 Å². The molecule has 0 bridgehead atoms. The molecule has 0 aliphatic rings. The number of nitrogen functional groups attached to an aromatic ring is 1. The van der Waals surface area contributed by atoms with Gasteiger partial charge in [-0.25, -0.2) is 8.42 Å². The van der Waals surface area contributed by atoms with Crippen LogP contribution in [-0.2, 0) is 20.2 Å². The zero-order valence-corrected chi connectivity index (χ0v) is 15.7. The van der Waals surface area contributed by atoms with Crippen molar-refractivity contribution in [2.45, 2.75) is 9.79 Å². The van der Waals surface area contributed by atoms with Gasteiger partial charge in [0.2, 0.25) is 0 Å². The average molecular weight is 358 g/mol. The third-order valence-corrected chi connectivity index (χ3v) is 4.19. The van der Waals surface area contributed by atoms with Crippen molar-refractivity contribution in [1.29, 1.82) is 0 Å². The molecule has 0 fully saturated rings. The van der Waals surface area contributed by atoms with Gasteiger partial charge in [-0.15, -0.1) is 0 Å². The fourth-order valence-corrected chi connectivity index (χ4v) is 3.01. The molecule has 6 N–H and O–H groups in total. The largest absolute Gasteiger partial charge is 1.00 e. The Morgan fingerprint density at radius 2 is 1.62 bits per heavy atom. The molecule has 11 heteroatoms. The van der Waals surface area contributed by atoms with Crippen LogP contribution < -0.4 is 63.3 Å². The maximum Gasteiger partial charge on any atom is 1.00 e. The van der Waals surface area contributed by atoms with Crippen molar-refractivity contribution in [1.82, 2.24) is 6.15 Å². The fourth-order valence-electron chi connectivity index (χ4n) is 1.67. The monoisotopic (exact) mass is 358 g/mol. The van der Waals surface area contributed by atoms with Crippen LogP contribution >= 0.6 is 0 Å². The summed E-state index contributed by atoms with van der Waals surface area (Å²) < 4.78 is 64.6. The molecule has 0 unspecified atom stereocenters. The van der Waals surface area contributed by atoms with Gasteiger partial charge in [-0.2, -0.15) is 8.42 Å². The van der Waals surface area contributed by atoms with E-state index in [1.807, 2.05) is 0 Å². The van der Waals surface area contributed by atoms with E-state index in [-0.39, 0.29) is 74.0 Å². The molecule has 0 radical (unpaired) electrons. The number of nitrogens with two attached hydrogens (primary N) is 1. The van der Waals surface area contributed by atoms with Crippen molar-refractivity contribution >= 4 is 36.7 Å². The number of anilines is 1. The summed E-state index contributed by atoms with van der Waals surface area (Å²) in [7, 11) is -9.53. The van der Waals surface area contributed by atoms with Crippen molar-refractivity contribution in [2.75, 3.05) is 5.73 Å². The van der Waals surface area contributed by atoms with E-state index >= 15 is 0 Å². The first-order valence-corrected chi connectivity index (χ1v) is 7.70. The summed E-state index contributed by atoms with van der Waals surface area (Å²) in [4.78, 5) is -1.41. The van der Waals surface area contributed by atoms with Crippen molar-refractivity contribution in [2.24, 2.45) is 0 Å². The summed E-state index contributed by atoms with van der Waals surface area (Å²) in [5.74, 6) is 0. The van der Waals surface area contributed by atoms with Gasteiger partial charge in [0.05, 0.1) is 9.79 Å². The van der Waals surface area contributed by atoms with E-state index in [4.69, 9.17) is 10.3 Å². The van der Waals surface area contributed by atoms with Gasteiger partial charge in [0.25, 0.3) is 10.1 Å². The molecule has 2 aromatic rings. The van der Waals surface area contributed by atoms with E-state index < -0.39 is 30.0 Å². The minimum Gasteiger partial charge on any atom is -0.744 e. The predicted octanol–water partition coefficient (Wildman–Crippen LogP) is -2.26. The fraction of sp³-hybridized carbons (Fsp3) is 0. The molecule has 0 atom stereocenters. The van der Waals surface area contributed by atoms with Crippen molar-refractivity contribution in [3.63, 3.8) is 0 Å². The SMILES string of the molecule is N.Nc1ccc2cc(S(=O)(=O)O)cc(S(=O)(=O)[O-])c2c1.[K+]. The number of benzene rings is 2. The molecule has 0 spiro atoms. The minimum absolute atomic E-state index is 0. The van der Waals surface area contributed by atoms with Crippen LogP contribution in [0.3, 0.4) is 0 Å². The topological polar surface area (TPSA) is 173 Å². The zero-order valence-electron chi connectivity index (χ0n) is 11.0. The Hall–Kier alpha value is -0.0836. The number of fused-ring (bicyclic) bond motifs is 1. The first-order valence-electron chi connectivity index (χ1n) is 4.86. The Bertz CT molecular complexity index is 880. The molecular weight excluding hydrogens is 347 g/mol. The molecule has 2 aromatic carbocycles. The van der Waals surface area contributed by atoms with Gasteiger partial charge in [0.1, 0.15) is 10.1 Å². The van der Waals surface area contributed by atoms with Gasteiger partial charge in [0, 0.05) is 11.1 Å². The molecule has 0 amide bonds. The standard InChI is InChI=1S/C10H9NO6S2.K.H3N/c11-7-2-1-6-3-8(18(12,13)14)5-10(9(6)4-7)19(15,16)17;;/h1-5H,11H2,(H,12,13,14)(H,15,16,17);;1H3/q;+1;/p-1. The first kappa shape index (κ1) is 20.9.